The predicted octanol–water partition coefficient (Wildman–Crippen LogP) is 5.17. The predicted molar refractivity (Wildman–Crippen MR) is 89.8 cm³/mol. The molecule has 2 aliphatic rings. The Morgan fingerprint density at radius 1 is 0.667 bits per heavy atom. The van der Waals surface area contributed by atoms with Gasteiger partial charge in [-0.1, -0.05) is 78.9 Å². The van der Waals surface area contributed by atoms with Crippen LogP contribution >= 0.6 is 0 Å². The second-order valence-corrected chi connectivity index (χ2v) is 5.18. The van der Waals surface area contributed by atoms with E-state index in [0.29, 0.717) is 0 Å². The highest BCUT2D eigenvalue weighted by Crippen LogP contribution is 2.36. The zero-order valence-electron chi connectivity index (χ0n) is 11.6. The summed E-state index contributed by atoms with van der Waals surface area (Å²) < 4.78 is 0. The van der Waals surface area contributed by atoms with Crippen molar-refractivity contribution >= 4 is 11.8 Å². The summed E-state index contributed by atoms with van der Waals surface area (Å²) >= 11 is 0. The van der Waals surface area contributed by atoms with Gasteiger partial charge in [-0.3, -0.25) is 0 Å². The molecule has 0 saturated heterocycles. The Bertz CT molecular complexity index is 791. The van der Waals surface area contributed by atoms with Crippen molar-refractivity contribution in [3.05, 3.63) is 95.7 Å². The van der Waals surface area contributed by atoms with Crippen molar-refractivity contribution in [1.29, 1.82) is 0 Å². The molecule has 0 atom stereocenters. The number of hydrogen-bond donors (Lipinski definition) is 1. The van der Waals surface area contributed by atoms with E-state index < -0.39 is 0 Å². The van der Waals surface area contributed by atoms with Gasteiger partial charge in [0, 0.05) is 11.3 Å². The van der Waals surface area contributed by atoms with E-state index in [2.05, 4.69) is 84.2 Å². The van der Waals surface area contributed by atoms with E-state index in [-0.39, 0.29) is 0 Å². The van der Waals surface area contributed by atoms with Gasteiger partial charge >= 0.3 is 0 Å². The highest BCUT2D eigenvalue weighted by molar-refractivity contribution is 5.89. The summed E-state index contributed by atoms with van der Waals surface area (Å²) in [6.45, 7) is 0. The Labute approximate surface area is 124 Å². The molecule has 1 heteroatoms. The van der Waals surface area contributed by atoms with E-state index >= 15 is 0 Å². The molecule has 4 rings (SSSR count). The van der Waals surface area contributed by atoms with E-state index in [1.165, 1.54) is 28.0 Å². The Balaban J connectivity index is 1.85. The second kappa shape index (κ2) is 4.95. The summed E-state index contributed by atoms with van der Waals surface area (Å²) in [5, 5.41) is 3.60. The topological polar surface area (TPSA) is 12.0 Å². The van der Waals surface area contributed by atoms with E-state index in [0.717, 1.165) is 5.70 Å². The van der Waals surface area contributed by atoms with Crippen LogP contribution in [0.2, 0.25) is 0 Å². The van der Waals surface area contributed by atoms with E-state index in [4.69, 9.17) is 0 Å². The van der Waals surface area contributed by atoms with Gasteiger partial charge in [-0.2, -0.15) is 0 Å². The second-order valence-electron chi connectivity index (χ2n) is 5.18. The molecule has 1 aliphatic heterocycles. The lowest BCUT2D eigenvalue weighted by Crippen LogP contribution is -2.06. The summed E-state index contributed by atoms with van der Waals surface area (Å²) in [4.78, 5) is 0. The fourth-order valence-electron chi connectivity index (χ4n) is 2.78. The quantitative estimate of drug-likeness (QED) is 0.752. The van der Waals surface area contributed by atoms with Gasteiger partial charge in [0.05, 0.1) is 5.69 Å². The molecule has 0 spiro atoms. The van der Waals surface area contributed by atoms with Gasteiger partial charge in [0.25, 0.3) is 0 Å². The van der Waals surface area contributed by atoms with Crippen LogP contribution in [-0.2, 0) is 0 Å². The molecule has 2 aromatic rings. The van der Waals surface area contributed by atoms with E-state index in [9.17, 15) is 0 Å². The Morgan fingerprint density at radius 2 is 1.48 bits per heavy atom. The van der Waals surface area contributed by atoms with Crippen molar-refractivity contribution in [2.45, 2.75) is 0 Å². The highest BCUT2D eigenvalue weighted by Gasteiger charge is 2.14. The Kier molecular flexibility index (Phi) is 2.82. The summed E-state index contributed by atoms with van der Waals surface area (Å²) in [7, 11) is 0. The van der Waals surface area contributed by atoms with E-state index in [1.54, 1.807) is 0 Å². The zero-order valence-corrected chi connectivity index (χ0v) is 11.6. The van der Waals surface area contributed by atoms with Crippen LogP contribution in [0.5, 0.6) is 0 Å². The minimum absolute atomic E-state index is 1.15. The lowest BCUT2D eigenvalue weighted by atomic mass is 9.97. The maximum atomic E-state index is 3.60. The molecule has 0 aromatic heterocycles. The van der Waals surface area contributed by atoms with Crippen molar-refractivity contribution < 1.29 is 0 Å². The maximum absolute atomic E-state index is 3.60. The van der Waals surface area contributed by atoms with Gasteiger partial charge in [0.15, 0.2) is 0 Å². The van der Waals surface area contributed by atoms with Gasteiger partial charge in [-0.15, -0.1) is 0 Å². The SMILES string of the molecule is C1=CC(=C2C=Cc3cccc(-c4ccccc4)c3N2)C=C1. The van der Waals surface area contributed by atoms with Gasteiger partial charge < -0.3 is 5.32 Å². The molecule has 100 valence electrons. The van der Waals surface area contributed by atoms with Gasteiger partial charge in [-0.25, -0.2) is 0 Å². The molecule has 1 nitrogen and oxygen atoms in total. The molecule has 0 radical (unpaired) electrons. The number of para-hydroxylation sites is 1. The third-order valence-electron chi connectivity index (χ3n) is 3.84. The molecule has 0 bridgehead atoms. The molecule has 1 N–H and O–H groups in total. The molecule has 0 saturated carbocycles. The lowest BCUT2D eigenvalue weighted by Gasteiger charge is -2.20. The van der Waals surface area contributed by atoms with E-state index in [1.807, 2.05) is 6.07 Å². The standard InChI is InChI=1S/C20H15N/c1-2-7-15(8-3-1)18-12-6-11-17-13-14-19(21-20(17)18)16-9-4-5-10-16/h1-14,21H. The molecular formula is C20H15N. The minimum atomic E-state index is 1.15. The molecule has 0 unspecified atom stereocenters. The Morgan fingerprint density at radius 3 is 2.29 bits per heavy atom. The average Bonchev–Trinajstić information content (AvgIpc) is 3.09. The summed E-state index contributed by atoms with van der Waals surface area (Å²) in [6.07, 6.45) is 12.7. The first-order valence-electron chi connectivity index (χ1n) is 7.14. The van der Waals surface area contributed by atoms with Crippen molar-refractivity contribution in [3.8, 4) is 11.1 Å². The fourth-order valence-corrected chi connectivity index (χ4v) is 2.78. The monoisotopic (exact) mass is 269 g/mol. The van der Waals surface area contributed by atoms with Crippen LogP contribution < -0.4 is 5.32 Å². The van der Waals surface area contributed by atoms with Crippen LogP contribution in [0.15, 0.2) is 90.2 Å². The average molecular weight is 269 g/mol. The van der Waals surface area contributed by atoms with Crippen LogP contribution in [0.1, 0.15) is 5.56 Å². The fraction of sp³-hybridized carbons (Fsp3) is 0. The molecule has 0 amide bonds. The largest absolute Gasteiger partial charge is 0.354 e. The molecule has 0 fully saturated rings. The third-order valence-corrected chi connectivity index (χ3v) is 3.84. The smallest absolute Gasteiger partial charge is 0.0537 e. The number of anilines is 1. The number of nitrogens with one attached hydrogen (secondary N) is 1. The highest BCUT2D eigenvalue weighted by atomic mass is 14.9. The minimum Gasteiger partial charge on any atom is -0.354 e. The summed E-state index contributed by atoms with van der Waals surface area (Å²) in [6, 6.07) is 16.9. The van der Waals surface area contributed by atoms with Crippen LogP contribution in [0.4, 0.5) is 5.69 Å². The number of benzene rings is 2. The maximum Gasteiger partial charge on any atom is 0.0537 e. The lowest BCUT2D eigenvalue weighted by molar-refractivity contribution is 1.40. The van der Waals surface area contributed by atoms with Crippen molar-refractivity contribution in [2.24, 2.45) is 0 Å². The zero-order chi connectivity index (χ0) is 14.1. The molecule has 1 heterocycles. The normalized spacial score (nSPS) is 15.2. The number of fused-ring (bicyclic) bond motifs is 1. The van der Waals surface area contributed by atoms with Crippen LogP contribution in [0.25, 0.3) is 17.2 Å². The number of rotatable bonds is 1. The van der Waals surface area contributed by atoms with Crippen LogP contribution in [0.3, 0.4) is 0 Å². The molecule has 2 aromatic carbocycles. The number of hydrogen-bond acceptors (Lipinski definition) is 1. The van der Waals surface area contributed by atoms with Crippen LogP contribution in [0, 0.1) is 0 Å². The first kappa shape index (κ1) is 12.0. The molecule has 21 heavy (non-hydrogen) atoms. The first-order chi connectivity index (χ1) is 10.4. The number of allylic oxidation sites excluding steroid dienone is 6. The molecular weight excluding hydrogens is 254 g/mol. The van der Waals surface area contributed by atoms with Gasteiger partial charge in [0.1, 0.15) is 0 Å². The first-order valence-corrected chi connectivity index (χ1v) is 7.14. The van der Waals surface area contributed by atoms with Crippen LogP contribution in [-0.4, -0.2) is 0 Å². The van der Waals surface area contributed by atoms with Gasteiger partial charge in [-0.05, 0) is 22.8 Å². The molecule has 1 aliphatic carbocycles. The van der Waals surface area contributed by atoms with Crippen molar-refractivity contribution in [2.75, 3.05) is 5.32 Å². The Hall–Kier alpha value is -2.80. The third kappa shape index (κ3) is 2.13. The van der Waals surface area contributed by atoms with Crippen molar-refractivity contribution in [1.82, 2.24) is 0 Å². The summed E-state index contributed by atoms with van der Waals surface area (Å²) in [5.74, 6) is 0. The van der Waals surface area contributed by atoms with Crippen molar-refractivity contribution in [3.63, 3.8) is 0 Å². The summed E-state index contributed by atoms with van der Waals surface area (Å²) in [5.41, 5.74) is 7.25. The van der Waals surface area contributed by atoms with Gasteiger partial charge in [0.2, 0.25) is 0 Å².